The quantitative estimate of drug-likeness (QED) is 0.756. The van der Waals surface area contributed by atoms with Gasteiger partial charge in [0, 0.05) is 12.0 Å². The topological polar surface area (TPSA) is 34.9 Å². The van der Waals surface area contributed by atoms with E-state index in [0.29, 0.717) is 0 Å². The zero-order valence-electron chi connectivity index (χ0n) is 12.0. The Morgan fingerprint density at radius 3 is 2.89 bits per heavy atom. The van der Waals surface area contributed by atoms with Crippen molar-refractivity contribution in [3.63, 3.8) is 0 Å². The maximum absolute atomic E-state index is 12.8. The van der Waals surface area contributed by atoms with E-state index in [-0.39, 0.29) is 17.7 Å². The first-order valence-electron chi connectivity index (χ1n) is 7.31. The second-order valence-corrected chi connectivity index (χ2v) is 6.74. The van der Waals surface area contributed by atoms with Crippen molar-refractivity contribution in [1.82, 2.24) is 9.78 Å². The van der Waals surface area contributed by atoms with Gasteiger partial charge < -0.3 is 0 Å². The SMILES string of the molecule is CCC1CCCC(C(=O)c2c(Br)cnn2C(C)C)C1. The summed E-state index contributed by atoms with van der Waals surface area (Å²) in [5.41, 5.74) is 0.761. The Kier molecular flexibility index (Phi) is 4.82. The van der Waals surface area contributed by atoms with E-state index in [9.17, 15) is 4.79 Å². The van der Waals surface area contributed by atoms with Crippen molar-refractivity contribution >= 4 is 21.7 Å². The summed E-state index contributed by atoms with van der Waals surface area (Å²) in [5.74, 6) is 1.18. The number of carbonyl (C=O) groups excluding carboxylic acids is 1. The van der Waals surface area contributed by atoms with Crippen LogP contribution in [0.4, 0.5) is 0 Å². The molecule has 1 heterocycles. The zero-order valence-corrected chi connectivity index (χ0v) is 13.6. The molecule has 1 aromatic heterocycles. The molecule has 1 aliphatic carbocycles. The number of hydrogen-bond acceptors (Lipinski definition) is 2. The molecule has 0 N–H and O–H groups in total. The van der Waals surface area contributed by atoms with Crippen molar-refractivity contribution in [2.75, 3.05) is 0 Å². The van der Waals surface area contributed by atoms with Gasteiger partial charge in [0.25, 0.3) is 0 Å². The third-order valence-corrected chi connectivity index (χ3v) is 4.78. The van der Waals surface area contributed by atoms with Crippen LogP contribution in [0.15, 0.2) is 10.7 Å². The third-order valence-electron chi connectivity index (χ3n) is 4.20. The first kappa shape index (κ1) is 14.8. The molecule has 0 radical (unpaired) electrons. The van der Waals surface area contributed by atoms with Gasteiger partial charge in [0.2, 0.25) is 0 Å². The highest BCUT2D eigenvalue weighted by atomic mass is 79.9. The van der Waals surface area contributed by atoms with Crippen LogP contribution < -0.4 is 0 Å². The Morgan fingerprint density at radius 2 is 2.26 bits per heavy atom. The van der Waals surface area contributed by atoms with Crippen LogP contribution >= 0.6 is 15.9 Å². The Balaban J connectivity index is 2.21. The highest BCUT2D eigenvalue weighted by molar-refractivity contribution is 9.10. The first-order valence-corrected chi connectivity index (χ1v) is 8.11. The van der Waals surface area contributed by atoms with Crippen LogP contribution in [0, 0.1) is 11.8 Å². The normalized spacial score (nSPS) is 23.8. The van der Waals surface area contributed by atoms with Crippen molar-refractivity contribution in [3.05, 3.63) is 16.4 Å². The lowest BCUT2D eigenvalue weighted by Gasteiger charge is -2.27. The minimum atomic E-state index is 0.184. The summed E-state index contributed by atoms with van der Waals surface area (Å²) in [7, 11) is 0. The number of Topliss-reactive ketones (excluding diaryl/α,β-unsaturated/α-hetero) is 1. The molecule has 1 fully saturated rings. The van der Waals surface area contributed by atoms with E-state index in [1.54, 1.807) is 6.20 Å². The van der Waals surface area contributed by atoms with Gasteiger partial charge in [-0.3, -0.25) is 9.48 Å². The Bertz CT molecular complexity index is 453. The second-order valence-electron chi connectivity index (χ2n) is 5.88. The third kappa shape index (κ3) is 3.10. The molecule has 1 saturated carbocycles. The first-order chi connectivity index (χ1) is 9.04. The standard InChI is InChI=1S/C15H23BrN2O/c1-4-11-6-5-7-12(8-11)15(19)14-13(16)9-17-18(14)10(2)3/h9-12H,4-8H2,1-3H3. The molecule has 0 spiro atoms. The van der Waals surface area contributed by atoms with Crippen LogP contribution in [0.3, 0.4) is 0 Å². The number of carbonyl (C=O) groups is 1. The lowest BCUT2D eigenvalue weighted by molar-refractivity contribution is 0.0848. The van der Waals surface area contributed by atoms with Crippen LogP contribution in [-0.4, -0.2) is 15.6 Å². The predicted octanol–water partition coefficient (Wildman–Crippen LogP) is 4.63. The van der Waals surface area contributed by atoms with Gasteiger partial charge >= 0.3 is 0 Å². The summed E-state index contributed by atoms with van der Waals surface area (Å²) in [6.07, 6.45) is 7.48. The lowest BCUT2D eigenvalue weighted by Crippen LogP contribution is -2.25. The molecule has 0 aliphatic heterocycles. The highest BCUT2D eigenvalue weighted by Gasteiger charge is 2.30. The molecule has 0 aromatic carbocycles. The second kappa shape index (κ2) is 6.21. The minimum absolute atomic E-state index is 0.184. The molecule has 0 amide bonds. The summed E-state index contributed by atoms with van der Waals surface area (Å²) in [5, 5.41) is 4.32. The average Bonchev–Trinajstić information content (AvgIpc) is 2.80. The Hall–Kier alpha value is -0.640. The van der Waals surface area contributed by atoms with Gasteiger partial charge in [0.05, 0.1) is 10.7 Å². The summed E-state index contributed by atoms with van der Waals surface area (Å²) < 4.78 is 2.69. The van der Waals surface area contributed by atoms with Crippen LogP contribution in [0.5, 0.6) is 0 Å². The summed E-state index contributed by atoms with van der Waals surface area (Å²) in [6, 6.07) is 0.218. The monoisotopic (exact) mass is 326 g/mol. The molecule has 0 bridgehead atoms. The van der Waals surface area contributed by atoms with Crippen molar-refractivity contribution in [2.24, 2.45) is 11.8 Å². The van der Waals surface area contributed by atoms with Crippen LogP contribution in [0.25, 0.3) is 0 Å². The van der Waals surface area contributed by atoms with Crippen molar-refractivity contribution in [3.8, 4) is 0 Å². The Labute approximate surface area is 123 Å². The largest absolute Gasteiger partial charge is 0.292 e. The molecular weight excluding hydrogens is 304 g/mol. The van der Waals surface area contributed by atoms with E-state index in [4.69, 9.17) is 0 Å². The predicted molar refractivity (Wildman–Crippen MR) is 80.4 cm³/mol. The van der Waals surface area contributed by atoms with E-state index in [2.05, 4.69) is 41.8 Å². The average molecular weight is 327 g/mol. The number of rotatable bonds is 4. The fourth-order valence-corrected chi connectivity index (χ4v) is 3.53. The van der Waals surface area contributed by atoms with Gasteiger partial charge in [-0.15, -0.1) is 0 Å². The molecule has 0 saturated heterocycles. The van der Waals surface area contributed by atoms with Gasteiger partial charge in [-0.05, 0) is 48.5 Å². The smallest absolute Gasteiger partial charge is 0.185 e. The number of nitrogens with zero attached hydrogens (tertiary/aromatic N) is 2. The minimum Gasteiger partial charge on any atom is -0.292 e. The van der Waals surface area contributed by atoms with Gasteiger partial charge in [-0.1, -0.05) is 26.2 Å². The molecule has 2 atom stereocenters. The molecular formula is C15H23BrN2O. The summed E-state index contributed by atoms with van der Waals surface area (Å²) in [4.78, 5) is 12.8. The van der Waals surface area contributed by atoms with Gasteiger partial charge in [0.1, 0.15) is 5.69 Å². The molecule has 19 heavy (non-hydrogen) atoms. The van der Waals surface area contributed by atoms with Gasteiger partial charge in [-0.2, -0.15) is 5.10 Å². The number of aromatic nitrogens is 2. The van der Waals surface area contributed by atoms with Crippen molar-refractivity contribution < 1.29 is 4.79 Å². The molecule has 2 unspecified atom stereocenters. The molecule has 1 aliphatic rings. The van der Waals surface area contributed by atoms with E-state index < -0.39 is 0 Å². The maximum Gasteiger partial charge on any atom is 0.185 e. The fraction of sp³-hybridized carbons (Fsp3) is 0.733. The Morgan fingerprint density at radius 1 is 1.53 bits per heavy atom. The number of halogens is 1. The van der Waals surface area contributed by atoms with E-state index >= 15 is 0 Å². The summed E-state index contributed by atoms with van der Waals surface area (Å²) in [6.45, 7) is 6.35. The molecule has 106 valence electrons. The van der Waals surface area contributed by atoms with E-state index in [1.165, 1.54) is 19.3 Å². The lowest BCUT2D eigenvalue weighted by atomic mass is 9.77. The molecule has 2 rings (SSSR count). The zero-order chi connectivity index (χ0) is 14.0. The van der Waals surface area contributed by atoms with Crippen LogP contribution in [0.2, 0.25) is 0 Å². The molecule has 4 heteroatoms. The number of ketones is 1. The number of hydrogen-bond donors (Lipinski definition) is 0. The maximum atomic E-state index is 12.8. The molecule has 1 aromatic rings. The summed E-state index contributed by atoms with van der Waals surface area (Å²) >= 11 is 3.48. The van der Waals surface area contributed by atoms with Crippen molar-refractivity contribution in [1.29, 1.82) is 0 Å². The van der Waals surface area contributed by atoms with E-state index in [1.807, 2.05) is 4.68 Å². The van der Waals surface area contributed by atoms with Crippen molar-refractivity contribution in [2.45, 2.75) is 58.9 Å². The van der Waals surface area contributed by atoms with Gasteiger partial charge in [0.15, 0.2) is 5.78 Å². The highest BCUT2D eigenvalue weighted by Crippen LogP contribution is 2.34. The van der Waals surface area contributed by atoms with E-state index in [0.717, 1.165) is 28.9 Å². The van der Waals surface area contributed by atoms with Crippen LogP contribution in [-0.2, 0) is 0 Å². The fourth-order valence-electron chi connectivity index (χ4n) is 3.06. The van der Waals surface area contributed by atoms with Gasteiger partial charge in [-0.25, -0.2) is 0 Å². The molecule has 3 nitrogen and oxygen atoms in total. The van der Waals surface area contributed by atoms with Crippen LogP contribution in [0.1, 0.15) is 69.4 Å².